The summed E-state index contributed by atoms with van der Waals surface area (Å²) < 4.78 is 11.6. The number of esters is 2. The molecule has 24 heteroatoms. The number of benzene rings is 1. The van der Waals surface area contributed by atoms with E-state index >= 15 is 0 Å². The van der Waals surface area contributed by atoms with Gasteiger partial charge in [0.15, 0.2) is 17.6 Å². The number of aromatic nitrogens is 1. The number of nitrogens with zero attached hydrogens (tertiary/aromatic N) is 4. The van der Waals surface area contributed by atoms with Crippen LogP contribution in [0.1, 0.15) is 172 Å². The third kappa shape index (κ3) is 22.0. The molecule has 0 aliphatic carbocycles. The van der Waals surface area contributed by atoms with Gasteiger partial charge >= 0.3 is 17.9 Å². The van der Waals surface area contributed by atoms with Crippen molar-refractivity contribution in [1.82, 2.24) is 25.0 Å². The van der Waals surface area contributed by atoms with Crippen molar-refractivity contribution in [2.45, 2.75) is 187 Å². The molecule has 1 aromatic heterocycles. The molecule has 5 amide bonds. The maximum atomic E-state index is 14.5. The molecule has 2 unspecified atom stereocenters. The Morgan fingerprint density at radius 1 is 0.940 bits per heavy atom. The first-order valence-electron chi connectivity index (χ1n) is 29.3. The molecule has 84 heavy (non-hydrogen) atoms. The molecule has 9 N–H and O–H groups in total. The number of nitrogens with one attached hydrogen (secondary N) is 2. The number of carbonyl (C=O) groups excluding carboxylic acids is 9. The number of imide groups is 1. The molecule has 1 aliphatic rings. The number of unbranched alkanes of at least 4 members (excludes halogenated alkanes) is 2. The Morgan fingerprint density at radius 2 is 1.60 bits per heavy atom. The number of thiazole rings is 1. The van der Waals surface area contributed by atoms with Crippen molar-refractivity contribution in [3.8, 4) is 5.75 Å². The molecule has 22 nitrogen and oxygen atoms in total. The summed E-state index contributed by atoms with van der Waals surface area (Å²) in [5.74, 6) is -7.53. The number of nitrogens with two attached hydrogens (primary N) is 3. The number of aliphatic carboxylic acids is 1. The lowest BCUT2D eigenvalue weighted by molar-refractivity contribution is -0.150. The molecular weight excluding hydrogens is 1120 g/mol. The van der Waals surface area contributed by atoms with Gasteiger partial charge in [-0.2, -0.15) is 11.8 Å². The normalized spacial score (nSPS) is 16.5. The van der Waals surface area contributed by atoms with E-state index in [0.29, 0.717) is 57.2 Å². The monoisotopic (exact) mass is 1210 g/mol. The Balaban J connectivity index is 2.04. The van der Waals surface area contributed by atoms with Gasteiger partial charge in [-0.1, -0.05) is 59.9 Å². The smallest absolute Gasteiger partial charge is 0.328 e. The van der Waals surface area contributed by atoms with Crippen molar-refractivity contribution in [3.63, 3.8) is 0 Å². The fourth-order valence-electron chi connectivity index (χ4n) is 9.95. The highest BCUT2D eigenvalue weighted by atomic mass is 32.2. The fourth-order valence-corrected chi connectivity index (χ4v) is 11.4. The largest absolute Gasteiger partial charge is 0.481 e. The lowest BCUT2D eigenvalue weighted by atomic mass is 9.81. The van der Waals surface area contributed by atoms with Crippen LogP contribution in [0.4, 0.5) is 5.69 Å². The minimum Gasteiger partial charge on any atom is -0.481 e. The van der Waals surface area contributed by atoms with Crippen LogP contribution in [0.5, 0.6) is 5.75 Å². The van der Waals surface area contributed by atoms with Crippen LogP contribution in [-0.2, 0) is 54.3 Å². The van der Waals surface area contributed by atoms with E-state index in [-0.39, 0.29) is 128 Å². The Kier molecular flexibility index (Phi) is 30.3. The second-order valence-electron chi connectivity index (χ2n) is 23.3. The van der Waals surface area contributed by atoms with Crippen molar-refractivity contribution in [1.29, 1.82) is 0 Å². The summed E-state index contributed by atoms with van der Waals surface area (Å²) in [5.41, 5.74) is 17.2. The summed E-state index contributed by atoms with van der Waals surface area (Å²) in [7, 11) is 5.33. The third-order valence-corrected chi connectivity index (χ3v) is 18.0. The van der Waals surface area contributed by atoms with Gasteiger partial charge in [-0.05, 0) is 122 Å². The molecule has 1 aromatic carbocycles. The van der Waals surface area contributed by atoms with E-state index in [9.17, 15) is 53.1 Å². The van der Waals surface area contributed by atoms with E-state index in [2.05, 4.69) is 15.6 Å². The summed E-state index contributed by atoms with van der Waals surface area (Å²) >= 11 is 2.36. The highest BCUT2D eigenvalue weighted by Crippen LogP contribution is 2.34. The highest BCUT2D eigenvalue weighted by molar-refractivity contribution is 8.00. The fraction of sp³-hybridized carbons (Fsp3) is 0.683. The van der Waals surface area contributed by atoms with Crippen molar-refractivity contribution >= 4 is 87.8 Å². The van der Waals surface area contributed by atoms with Gasteiger partial charge in [0.05, 0.1) is 22.4 Å². The first kappa shape index (κ1) is 72.6. The van der Waals surface area contributed by atoms with Gasteiger partial charge in [-0.3, -0.25) is 53.0 Å². The molecular formula is C60H95N9O13S2. The number of hydrogen-bond donors (Lipinski definition) is 6. The summed E-state index contributed by atoms with van der Waals surface area (Å²) in [6.45, 7) is 15.2. The number of likely N-dealkylation sites (N-methyl/N-ethyl adjacent to an activating group) is 1. The van der Waals surface area contributed by atoms with Crippen LogP contribution in [0, 0.1) is 29.6 Å². The molecule has 0 bridgehead atoms. The highest BCUT2D eigenvalue weighted by Gasteiger charge is 2.40. The van der Waals surface area contributed by atoms with Gasteiger partial charge in [0.25, 0.3) is 5.91 Å². The second kappa shape index (κ2) is 35.1. The number of ether oxygens (including phenoxy) is 2. The zero-order valence-corrected chi connectivity index (χ0v) is 53.1. The Hall–Kier alpha value is -5.66. The van der Waals surface area contributed by atoms with Crippen molar-refractivity contribution < 1.29 is 62.5 Å². The summed E-state index contributed by atoms with van der Waals surface area (Å²) in [5, 5.41) is 17.2. The van der Waals surface area contributed by atoms with E-state index in [1.165, 1.54) is 30.1 Å². The van der Waals surface area contributed by atoms with Gasteiger partial charge in [0.2, 0.25) is 23.6 Å². The van der Waals surface area contributed by atoms with E-state index in [1.807, 2.05) is 60.5 Å². The number of carboxylic acids is 1. The molecule has 2 heterocycles. The number of anilines is 1. The van der Waals surface area contributed by atoms with E-state index < -0.39 is 82.5 Å². The molecule has 3 rings (SSSR count). The SMILES string of the molecule is CC[C@H](C)[C@H](CC(=O)C(C)(C)N(C)C)C(=O)N(C)[C@H](C[C@@H](OC(C)=O)c1nc(C(=O)N[C@@H](Cc2ccc(OC(=O)[C@@H](N)CCCCN)c(NC(=O)CCCN3C(=O)CC(SC)C3=O)c2)CC(C)C(=O)C[C@@H](CCCCN)C(=O)O)cs1)C(C)C. The van der Waals surface area contributed by atoms with Crippen LogP contribution in [0.3, 0.4) is 0 Å². The topological polar surface area (TPSA) is 334 Å². The van der Waals surface area contributed by atoms with Crippen molar-refractivity contribution in [3.05, 3.63) is 39.8 Å². The molecule has 470 valence electrons. The number of carbonyl (C=O) groups is 10. The van der Waals surface area contributed by atoms with Gasteiger partial charge in [0, 0.05) is 81.9 Å². The van der Waals surface area contributed by atoms with Gasteiger partial charge in [-0.15, -0.1) is 11.3 Å². The van der Waals surface area contributed by atoms with Gasteiger partial charge in [-0.25, -0.2) is 9.78 Å². The number of carboxylic acid groups (broad SMARTS) is 1. The maximum absolute atomic E-state index is 14.5. The molecule has 9 atom stereocenters. The van der Waals surface area contributed by atoms with Crippen LogP contribution in [0.25, 0.3) is 0 Å². The van der Waals surface area contributed by atoms with Crippen LogP contribution < -0.4 is 32.6 Å². The lowest BCUT2D eigenvalue weighted by Crippen LogP contribution is -2.50. The third-order valence-electron chi connectivity index (χ3n) is 16.1. The minimum absolute atomic E-state index is 0.0281. The number of ketones is 2. The van der Waals surface area contributed by atoms with Gasteiger partial charge < -0.3 is 47.3 Å². The first-order chi connectivity index (χ1) is 39.5. The molecule has 1 fully saturated rings. The predicted molar refractivity (Wildman–Crippen MR) is 325 cm³/mol. The molecule has 1 saturated heterocycles. The molecule has 2 aromatic rings. The number of Topliss-reactive ketones (excluding diaryl/α,β-unsaturated/α-hetero) is 2. The molecule has 0 saturated carbocycles. The molecule has 1 aliphatic heterocycles. The molecule has 0 radical (unpaired) electrons. The van der Waals surface area contributed by atoms with E-state index in [0.717, 1.165) is 16.2 Å². The molecule has 0 spiro atoms. The predicted octanol–water partition coefficient (Wildman–Crippen LogP) is 6.31. The number of thioether (sulfide) groups is 1. The zero-order valence-electron chi connectivity index (χ0n) is 51.5. The second-order valence-corrected chi connectivity index (χ2v) is 25.3. The quantitative estimate of drug-likeness (QED) is 0.0185. The minimum atomic E-state index is -1.11. The van der Waals surface area contributed by atoms with Crippen molar-refractivity contribution in [2.75, 3.05) is 52.3 Å². The zero-order chi connectivity index (χ0) is 63.2. The number of hydrogen-bond acceptors (Lipinski definition) is 19. The van der Waals surface area contributed by atoms with Crippen LogP contribution in [0.2, 0.25) is 0 Å². The standard InChI is InChI=1S/C60H95N9O13S2/c1-13-36(4)42(31-51(72)60(7,8)67(9)10)56(76)68(11)46(35(2)3)32-49(81-38(6)70)55-66-45(34-84-55)54(75)64-41(27-37(5)47(71)30-40(58(78)79)19-14-16-24-61)28-39-22-23-48(82-59(80)43(63)20-15-17-25-62)44(29-39)65-52(73)21-18-26-69-53(74)33-50(83-12)57(69)77/h22-23,29,34-37,40-43,46,49-50H,13-21,24-28,30-33,61-63H2,1-12H3,(H,64,75)(H,65,73)(H,78,79)/t36-,37?,40+,41+,42-,43-,46+,49+,50?/m0/s1. The number of likely N-dealkylation sites (tertiary alicyclic amines) is 1. The van der Waals surface area contributed by atoms with Crippen LogP contribution in [-0.4, -0.2) is 160 Å². The Labute approximate surface area is 504 Å². The number of rotatable bonds is 39. The van der Waals surface area contributed by atoms with Crippen LogP contribution >= 0.6 is 23.1 Å². The lowest BCUT2D eigenvalue weighted by Gasteiger charge is -2.38. The Morgan fingerprint density at radius 3 is 2.17 bits per heavy atom. The average molecular weight is 1210 g/mol. The first-order valence-corrected chi connectivity index (χ1v) is 31.5. The number of amides is 5. The van der Waals surface area contributed by atoms with Gasteiger partial charge in [0.1, 0.15) is 22.5 Å². The van der Waals surface area contributed by atoms with E-state index in [4.69, 9.17) is 26.7 Å². The maximum Gasteiger partial charge on any atom is 0.328 e. The summed E-state index contributed by atoms with van der Waals surface area (Å²) in [6.07, 6.45) is 4.37. The summed E-state index contributed by atoms with van der Waals surface area (Å²) in [4.78, 5) is 143. The van der Waals surface area contributed by atoms with Crippen molar-refractivity contribution in [2.24, 2.45) is 46.8 Å². The van der Waals surface area contributed by atoms with E-state index in [1.54, 1.807) is 37.3 Å². The summed E-state index contributed by atoms with van der Waals surface area (Å²) in [6, 6.07) is 2.32. The Bertz CT molecular complexity index is 2580. The van der Waals surface area contributed by atoms with Crippen LogP contribution in [0.15, 0.2) is 23.6 Å². The average Bonchev–Trinajstić information content (AvgIpc) is 4.09.